The largest absolute Gasteiger partial charge is 0.361 e. The first-order chi connectivity index (χ1) is 12.0. The second-order valence-electron chi connectivity index (χ2n) is 6.15. The van der Waals surface area contributed by atoms with E-state index in [0.717, 1.165) is 41.1 Å². The third-order valence-electron chi connectivity index (χ3n) is 4.55. The highest BCUT2D eigenvalue weighted by Gasteiger charge is 2.23. The summed E-state index contributed by atoms with van der Waals surface area (Å²) >= 11 is 0. The highest BCUT2D eigenvalue weighted by Crippen LogP contribution is 2.17. The first-order valence-corrected chi connectivity index (χ1v) is 8.58. The summed E-state index contributed by atoms with van der Waals surface area (Å²) in [5.41, 5.74) is 3.38. The van der Waals surface area contributed by atoms with E-state index in [4.69, 9.17) is 4.52 Å². The molecule has 0 radical (unpaired) electrons. The van der Waals surface area contributed by atoms with E-state index in [1.165, 1.54) is 4.68 Å². The molecule has 1 aliphatic rings. The van der Waals surface area contributed by atoms with E-state index in [2.05, 4.69) is 15.6 Å². The maximum atomic E-state index is 12.5. The minimum absolute atomic E-state index is 0.156. The first kappa shape index (κ1) is 17.2. The van der Waals surface area contributed by atoms with Crippen molar-refractivity contribution in [3.63, 3.8) is 0 Å². The third kappa shape index (κ3) is 3.42. The number of aromatic nitrogens is 3. The molecule has 3 heterocycles. The van der Waals surface area contributed by atoms with Gasteiger partial charge in [-0.3, -0.25) is 4.79 Å². The quantitative estimate of drug-likeness (QED) is 0.897. The Morgan fingerprint density at radius 1 is 1.36 bits per heavy atom. The van der Waals surface area contributed by atoms with Gasteiger partial charge in [-0.25, -0.2) is 9.48 Å². The molecule has 2 aromatic heterocycles. The number of urea groups is 1. The molecule has 0 atom stereocenters. The van der Waals surface area contributed by atoms with E-state index in [1.54, 1.807) is 18.0 Å². The minimum atomic E-state index is -0.161. The van der Waals surface area contributed by atoms with E-state index >= 15 is 0 Å². The molecule has 1 aliphatic heterocycles. The summed E-state index contributed by atoms with van der Waals surface area (Å²) in [6.07, 6.45) is 2.15. The van der Waals surface area contributed by atoms with Gasteiger partial charge >= 0.3 is 6.03 Å². The van der Waals surface area contributed by atoms with Crippen LogP contribution in [0.3, 0.4) is 0 Å². The normalized spacial score (nSPS) is 13.6. The summed E-state index contributed by atoms with van der Waals surface area (Å²) in [5, 5.41) is 11.3. The number of fused-ring (bicyclic) bond motifs is 1. The van der Waals surface area contributed by atoms with Gasteiger partial charge in [-0.1, -0.05) is 19.0 Å². The van der Waals surface area contributed by atoms with Crippen molar-refractivity contribution in [3.05, 3.63) is 44.7 Å². The van der Waals surface area contributed by atoms with E-state index in [9.17, 15) is 9.59 Å². The van der Waals surface area contributed by atoms with Crippen molar-refractivity contribution in [1.29, 1.82) is 0 Å². The van der Waals surface area contributed by atoms with Crippen LogP contribution in [-0.4, -0.2) is 32.4 Å². The van der Waals surface area contributed by atoms with Crippen LogP contribution in [0.15, 0.2) is 15.4 Å². The molecule has 8 heteroatoms. The van der Waals surface area contributed by atoms with Crippen molar-refractivity contribution in [2.75, 3.05) is 6.54 Å². The Labute approximate surface area is 145 Å². The standard InChI is InChI=1S/C17H23N5O3/c1-4-13-12(15(5-2)25-20-13)9-18-17(24)22-7-6-14-11(10-22)8-16(23)21(3)19-14/h8H,4-7,9-10H2,1-3H3,(H,18,24). The fourth-order valence-corrected chi connectivity index (χ4v) is 3.08. The molecule has 0 bridgehead atoms. The van der Waals surface area contributed by atoms with Crippen LogP contribution in [0, 0.1) is 0 Å². The van der Waals surface area contributed by atoms with Crippen molar-refractivity contribution >= 4 is 6.03 Å². The first-order valence-electron chi connectivity index (χ1n) is 8.58. The van der Waals surface area contributed by atoms with Gasteiger partial charge in [0, 0.05) is 56.7 Å². The molecule has 2 amide bonds. The highest BCUT2D eigenvalue weighted by molar-refractivity contribution is 5.74. The summed E-state index contributed by atoms with van der Waals surface area (Å²) in [5.74, 6) is 0.814. The maximum absolute atomic E-state index is 12.5. The summed E-state index contributed by atoms with van der Waals surface area (Å²) in [6.45, 7) is 5.38. The Bertz CT molecular complexity index is 818. The molecule has 0 aromatic carbocycles. The number of aryl methyl sites for hydroxylation is 3. The van der Waals surface area contributed by atoms with Gasteiger partial charge in [0.15, 0.2) is 0 Å². The van der Waals surface area contributed by atoms with E-state index in [-0.39, 0.29) is 11.6 Å². The molecule has 0 saturated carbocycles. The molecular weight excluding hydrogens is 322 g/mol. The molecule has 0 fully saturated rings. The van der Waals surface area contributed by atoms with Gasteiger partial charge in [-0.15, -0.1) is 0 Å². The number of carbonyl (C=O) groups excluding carboxylic acids is 1. The van der Waals surface area contributed by atoms with E-state index in [0.29, 0.717) is 26.1 Å². The van der Waals surface area contributed by atoms with Crippen molar-refractivity contribution in [2.24, 2.45) is 7.05 Å². The lowest BCUT2D eigenvalue weighted by molar-refractivity contribution is 0.191. The van der Waals surface area contributed by atoms with Crippen molar-refractivity contribution < 1.29 is 9.32 Å². The van der Waals surface area contributed by atoms with Gasteiger partial charge < -0.3 is 14.7 Å². The van der Waals surface area contributed by atoms with Crippen LogP contribution in [0.1, 0.15) is 42.1 Å². The molecule has 0 unspecified atom stereocenters. The van der Waals surface area contributed by atoms with E-state index in [1.807, 2.05) is 13.8 Å². The Morgan fingerprint density at radius 3 is 2.88 bits per heavy atom. The Morgan fingerprint density at radius 2 is 2.16 bits per heavy atom. The van der Waals surface area contributed by atoms with Crippen LogP contribution in [0.4, 0.5) is 4.79 Å². The second-order valence-corrected chi connectivity index (χ2v) is 6.15. The summed E-state index contributed by atoms with van der Waals surface area (Å²) in [6, 6.07) is 1.41. The molecule has 25 heavy (non-hydrogen) atoms. The van der Waals surface area contributed by atoms with Crippen molar-refractivity contribution in [1.82, 2.24) is 25.2 Å². The fourth-order valence-electron chi connectivity index (χ4n) is 3.08. The Balaban J connectivity index is 1.68. The zero-order chi connectivity index (χ0) is 18.0. The number of amides is 2. The van der Waals surface area contributed by atoms with Crippen molar-refractivity contribution in [2.45, 2.75) is 46.2 Å². The van der Waals surface area contributed by atoms with Crippen LogP contribution in [0.25, 0.3) is 0 Å². The molecule has 1 N–H and O–H groups in total. The zero-order valence-electron chi connectivity index (χ0n) is 14.8. The zero-order valence-corrected chi connectivity index (χ0v) is 14.8. The molecule has 0 spiro atoms. The van der Waals surface area contributed by atoms with Crippen LogP contribution in [-0.2, 0) is 39.4 Å². The third-order valence-corrected chi connectivity index (χ3v) is 4.55. The van der Waals surface area contributed by atoms with Gasteiger partial charge in [0.1, 0.15) is 5.76 Å². The molecule has 0 aliphatic carbocycles. The second kappa shape index (κ2) is 7.08. The lowest BCUT2D eigenvalue weighted by atomic mass is 10.1. The molecule has 8 nitrogen and oxygen atoms in total. The van der Waals surface area contributed by atoms with E-state index < -0.39 is 0 Å². The number of hydrogen-bond donors (Lipinski definition) is 1. The molecular formula is C17H23N5O3. The Hall–Kier alpha value is -2.64. The lowest BCUT2D eigenvalue weighted by Crippen LogP contribution is -2.43. The highest BCUT2D eigenvalue weighted by atomic mass is 16.5. The monoisotopic (exact) mass is 345 g/mol. The summed E-state index contributed by atoms with van der Waals surface area (Å²) in [7, 11) is 1.64. The topological polar surface area (TPSA) is 93.3 Å². The van der Waals surface area contributed by atoms with Crippen molar-refractivity contribution in [3.8, 4) is 0 Å². The van der Waals surface area contributed by atoms with Gasteiger partial charge in [0.05, 0.1) is 11.4 Å². The van der Waals surface area contributed by atoms with Crippen LogP contribution >= 0.6 is 0 Å². The summed E-state index contributed by atoms with van der Waals surface area (Å²) < 4.78 is 6.66. The maximum Gasteiger partial charge on any atom is 0.317 e. The van der Waals surface area contributed by atoms with Gasteiger partial charge in [-0.05, 0) is 6.42 Å². The Kier molecular flexibility index (Phi) is 4.87. The number of nitrogens with zero attached hydrogens (tertiary/aromatic N) is 4. The van der Waals surface area contributed by atoms with Gasteiger partial charge in [-0.2, -0.15) is 5.10 Å². The summed E-state index contributed by atoms with van der Waals surface area (Å²) in [4.78, 5) is 26.0. The fraction of sp³-hybridized carbons (Fsp3) is 0.529. The molecule has 0 saturated heterocycles. The average Bonchev–Trinajstić information content (AvgIpc) is 3.02. The van der Waals surface area contributed by atoms with Crippen LogP contribution in [0.2, 0.25) is 0 Å². The average molecular weight is 345 g/mol. The number of rotatable bonds is 4. The predicted octanol–water partition coefficient (Wildman–Crippen LogP) is 1.16. The number of hydrogen-bond acceptors (Lipinski definition) is 5. The molecule has 2 aromatic rings. The predicted molar refractivity (Wildman–Crippen MR) is 91.1 cm³/mol. The smallest absolute Gasteiger partial charge is 0.317 e. The van der Waals surface area contributed by atoms with Gasteiger partial charge in [0.25, 0.3) is 5.56 Å². The molecule has 134 valence electrons. The SMILES string of the molecule is CCc1noc(CC)c1CNC(=O)N1CCc2nn(C)c(=O)cc2C1. The van der Waals surface area contributed by atoms with Crippen LogP contribution in [0.5, 0.6) is 0 Å². The van der Waals surface area contributed by atoms with Gasteiger partial charge in [0.2, 0.25) is 0 Å². The number of nitrogens with one attached hydrogen (secondary N) is 1. The minimum Gasteiger partial charge on any atom is -0.361 e. The van der Waals surface area contributed by atoms with Crippen LogP contribution < -0.4 is 10.9 Å². The lowest BCUT2D eigenvalue weighted by Gasteiger charge is -2.28. The molecule has 3 rings (SSSR count). The number of carbonyl (C=O) groups is 1.